The molecule has 0 aliphatic heterocycles. The maximum Gasteiger partial charge on any atom is 0.254 e. The molecule has 4 heteroatoms. The highest BCUT2D eigenvalue weighted by Gasteiger charge is 2.12. The van der Waals surface area contributed by atoms with E-state index in [1.807, 2.05) is 43.3 Å². The first kappa shape index (κ1) is 15.9. The number of rotatable bonds is 6. The highest BCUT2D eigenvalue weighted by molar-refractivity contribution is 5.94. The summed E-state index contributed by atoms with van der Waals surface area (Å²) < 4.78 is 10.6. The van der Waals surface area contributed by atoms with Gasteiger partial charge in [-0.1, -0.05) is 18.2 Å². The van der Waals surface area contributed by atoms with Crippen molar-refractivity contribution < 1.29 is 14.3 Å². The Hall–Kier alpha value is -2.49. The molecule has 0 bridgehead atoms. The third kappa shape index (κ3) is 4.01. The van der Waals surface area contributed by atoms with Crippen molar-refractivity contribution in [3.05, 3.63) is 59.7 Å². The van der Waals surface area contributed by atoms with Crippen LogP contribution in [-0.2, 0) is 6.54 Å². The quantitative estimate of drug-likeness (QED) is 0.821. The standard InChI is InChI=1S/C18H21NO3/c1-4-22-16-10-8-14(9-11-16)13-19(2)18(20)15-6-5-7-17(12-15)21-3/h5-12H,4,13H2,1-3H3. The average Bonchev–Trinajstić information content (AvgIpc) is 2.56. The average molecular weight is 299 g/mol. The Morgan fingerprint density at radius 3 is 2.45 bits per heavy atom. The summed E-state index contributed by atoms with van der Waals surface area (Å²) in [6, 6.07) is 15.0. The monoisotopic (exact) mass is 299 g/mol. The van der Waals surface area contributed by atoms with Crippen molar-refractivity contribution in [1.82, 2.24) is 4.90 Å². The molecule has 2 aromatic rings. The molecule has 4 nitrogen and oxygen atoms in total. The van der Waals surface area contributed by atoms with Gasteiger partial charge in [-0.2, -0.15) is 0 Å². The second kappa shape index (κ2) is 7.50. The van der Waals surface area contributed by atoms with E-state index in [4.69, 9.17) is 9.47 Å². The number of nitrogens with zero attached hydrogens (tertiary/aromatic N) is 1. The lowest BCUT2D eigenvalue weighted by atomic mass is 10.1. The SMILES string of the molecule is CCOc1ccc(CN(C)C(=O)c2cccc(OC)c2)cc1. The van der Waals surface area contributed by atoms with Gasteiger partial charge in [-0.3, -0.25) is 4.79 Å². The van der Waals surface area contributed by atoms with Gasteiger partial charge < -0.3 is 14.4 Å². The van der Waals surface area contributed by atoms with Crippen LogP contribution in [0.3, 0.4) is 0 Å². The third-order valence-corrected chi connectivity index (χ3v) is 3.32. The number of methoxy groups -OCH3 is 1. The van der Waals surface area contributed by atoms with Gasteiger partial charge in [0, 0.05) is 19.2 Å². The Morgan fingerprint density at radius 1 is 1.09 bits per heavy atom. The molecule has 0 atom stereocenters. The molecular formula is C18H21NO3. The predicted octanol–water partition coefficient (Wildman–Crippen LogP) is 3.37. The number of hydrogen-bond donors (Lipinski definition) is 0. The van der Waals surface area contributed by atoms with Crippen LogP contribution in [0.5, 0.6) is 11.5 Å². The minimum Gasteiger partial charge on any atom is -0.497 e. The van der Waals surface area contributed by atoms with E-state index in [0.29, 0.717) is 24.5 Å². The fraction of sp³-hybridized carbons (Fsp3) is 0.278. The molecule has 0 unspecified atom stereocenters. The van der Waals surface area contributed by atoms with E-state index in [1.165, 1.54) is 0 Å². The Labute approximate surface area is 131 Å². The number of ether oxygens (including phenoxy) is 2. The lowest BCUT2D eigenvalue weighted by Crippen LogP contribution is -2.26. The van der Waals surface area contributed by atoms with E-state index in [9.17, 15) is 4.79 Å². The highest BCUT2D eigenvalue weighted by Crippen LogP contribution is 2.16. The van der Waals surface area contributed by atoms with E-state index < -0.39 is 0 Å². The molecule has 0 spiro atoms. The van der Waals surface area contributed by atoms with Crippen molar-refractivity contribution in [1.29, 1.82) is 0 Å². The summed E-state index contributed by atoms with van der Waals surface area (Å²) in [6.07, 6.45) is 0. The molecule has 22 heavy (non-hydrogen) atoms. The maximum absolute atomic E-state index is 12.4. The first-order chi connectivity index (χ1) is 10.6. The van der Waals surface area contributed by atoms with Crippen molar-refractivity contribution in [2.45, 2.75) is 13.5 Å². The molecule has 0 saturated heterocycles. The summed E-state index contributed by atoms with van der Waals surface area (Å²) in [5, 5.41) is 0. The normalized spacial score (nSPS) is 10.1. The molecule has 0 N–H and O–H groups in total. The van der Waals surface area contributed by atoms with Gasteiger partial charge in [-0.05, 0) is 42.8 Å². The molecule has 2 aromatic carbocycles. The molecule has 0 saturated carbocycles. The van der Waals surface area contributed by atoms with Crippen LogP contribution >= 0.6 is 0 Å². The first-order valence-electron chi connectivity index (χ1n) is 7.25. The Morgan fingerprint density at radius 2 is 1.82 bits per heavy atom. The molecule has 0 heterocycles. The van der Waals surface area contributed by atoms with Gasteiger partial charge in [0.1, 0.15) is 11.5 Å². The number of hydrogen-bond acceptors (Lipinski definition) is 3. The van der Waals surface area contributed by atoms with E-state index in [1.54, 1.807) is 31.2 Å². The Balaban J connectivity index is 2.04. The van der Waals surface area contributed by atoms with Crippen LogP contribution in [0.25, 0.3) is 0 Å². The van der Waals surface area contributed by atoms with Gasteiger partial charge in [-0.15, -0.1) is 0 Å². The van der Waals surface area contributed by atoms with E-state index in [2.05, 4.69) is 0 Å². The Kier molecular flexibility index (Phi) is 5.42. The number of carbonyl (C=O) groups excluding carboxylic acids is 1. The van der Waals surface area contributed by atoms with Crippen LogP contribution in [0, 0.1) is 0 Å². The minimum atomic E-state index is -0.0345. The lowest BCUT2D eigenvalue weighted by molar-refractivity contribution is 0.0784. The Bertz CT molecular complexity index is 622. The molecule has 1 amide bonds. The van der Waals surface area contributed by atoms with Crippen LogP contribution in [0.4, 0.5) is 0 Å². The smallest absolute Gasteiger partial charge is 0.254 e. The summed E-state index contributed by atoms with van der Waals surface area (Å²) in [5.74, 6) is 1.49. The summed E-state index contributed by atoms with van der Waals surface area (Å²) in [7, 11) is 3.38. The fourth-order valence-corrected chi connectivity index (χ4v) is 2.18. The zero-order valence-corrected chi connectivity index (χ0v) is 13.2. The van der Waals surface area contributed by atoms with Gasteiger partial charge in [0.2, 0.25) is 0 Å². The first-order valence-corrected chi connectivity index (χ1v) is 7.25. The van der Waals surface area contributed by atoms with Gasteiger partial charge >= 0.3 is 0 Å². The number of carbonyl (C=O) groups is 1. The van der Waals surface area contributed by atoms with Gasteiger partial charge in [0.25, 0.3) is 5.91 Å². The van der Waals surface area contributed by atoms with E-state index in [-0.39, 0.29) is 5.91 Å². The summed E-state index contributed by atoms with van der Waals surface area (Å²) in [5.41, 5.74) is 1.68. The predicted molar refractivity (Wildman–Crippen MR) is 86.4 cm³/mol. The summed E-state index contributed by atoms with van der Waals surface area (Å²) >= 11 is 0. The fourth-order valence-electron chi connectivity index (χ4n) is 2.18. The molecular weight excluding hydrogens is 278 g/mol. The van der Waals surface area contributed by atoms with Crippen molar-refractivity contribution in [3.8, 4) is 11.5 Å². The number of benzene rings is 2. The van der Waals surface area contributed by atoms with E-state index in [0.717, 1.165) is 11.3 Å². The summed E-state index contributed by atoms with van der Waals surface area (Å²) in [6.45, 7) is 3.14. The largest absolute Gasteiger partial charge is 0.497 e. The second-order valence-electron chi connectivity index (χ2n) is 4.97. The van der Waals surface area contributed by atoms with Crippen LogP contribution in [0.15, 0.2) is 48.5 Å². The van der Waals surface area contributed by atoms with Crippen molar-refractivity contribution >= 4 is 5.91 Å². The van der Waals surface area contributed by atoms with E-state index >= 15 is 0 Å². The van der Waals surface area contributed by atoms with Gasteiger partial charge in [0.15, 0.2) is 0 Å². The molecule has 0 fully saturated rings. The molecule has 0 aliphatic carbocycles. The van der Waals surface area contributed by atoms with Crippen LogP contribution < -0.4 is 9.47 Å². The van der Waals surface area contributed by atoms with Crippen molar-refractivity contribution in [3.63, 3.8) is 0 Å². The second-order valence-corrected chi connectivity index (χ2v) is 4.97. The van der Waals surface area contributed by atoms with Crippen molar-refractivity contribution in [2.24, 2.45) is 0 Å². The number of amides is 1. The molecule has 0 radical (unpaired) electrons. The molecule has 116 valence electrons. The molecule has 0 aromatic heterocycles. The zero-order chi connectivity index (χ0) is 15.9. The van der Waals surface area contributed by atoms with Crippen molar-refractivity contribution in [2.75, 3.05) is 20.8 Å². The zero-order valence-electron chi connectivity index (χ0n) is 13.2. The lowest BCUT2D eigenvalue weighted by Gasteiger charge is -2.18. The highest BCUT2D eigenvalue weighted by atomic mass is 16.5. The maximum atomic E-state index is 12.4. The van der Waals surface area contributed by atoms with Crippen LogP contribution in [-0.4, -0.2) is 31.6 Å². The van der Waals surface area contributed by atoms with Gasteiger partial charge in [-0.25, -0.2) is 0 Å². The van der Waals surface area contributed by atoms with Crippen LogP contribution in [0.1, 0.15) is 22.8 Å². The summed E-state index contributed by atoms with van der Waals surface area (Å²) in [4.78, 5) is 14.1. The topological polar surface area (TPSA) is 38.8 Å². The minimum absolute atomic E-state index is 0.0345. The van der Waals surface area contributed by atoms with Gasteiger partial charge in [0.05, 0.1) is 13.7 Å². The molecule has 0 aliphatic rings. The van der Waals surface area contributed by atoms with Crippen LogP contribution in [0.2, 0.25) is 0 Å². The third-order valence-electron chi connectivity index (χ3n) is 3.32. The molecule has 2 rings (SSSR count).